The Balaban J connectivity index is 1.64. The van der Waals surface area contributed by atoms with E-state index in [1.165, 1.54) is 0 Å². The van der Waals surface area contributed by atoms with Gasteiger partial charge >= 0.3 is 0 Å². The molecule has 4 heterocycles. The number of hydrogen-bond acceptors (Lipinski definition) is 8. The molecule has 4 N–H and O–H groups in total. The zero-order valence-corrected chi connectivity index (χ0v) is 19.9. The number of nitrogens with zero attached hydrogens (tertiary/aromatic N) is 5. The van der Waals surface area contributed by atoms with Gasteiger partial charge in [0.25, 0.3) is 0 Å². The molecular formula is C22H33FN8O2. The van der Waals surface area contributed by atoms with Crippen molar-refractivity contribution < 1.29 is 14.3 Å². The Hall–Kier alpha value is -2.63. The first-order valence-corrected chi connectivity index (χ1v) is 11.4. The number of aromatic amines is 1. The third kappa shape index (κ3) is 3.87. The van der Waals surface area contributed by atoms with Crippen LogP contribution in [-0.2, 0) is 23.3 Å². The number of rotatable bonds is 6. The lowest BCUT2D eigenvalue weighted by molar-refractivity contribution is -0.153. The summed E-state index contributed by atoms with van der Waals surface area (Å²) in [6.45, 7) is 9.28. The number of aliphatic hydroxyl groups is 1. The van der Waals surface area contributed by atoms with Crippen LogP contribution in [0, 0.1) is 5.82 Å². The Morgan fingerprint density at radius 1 is 1.39 bits per heavy atom. The van der Waals surface area contributed by atoms with Gasteiger partial charge in [-0.3, -0.25) is 14.8 Å². The minimum Gasteiger partial charge on any atom is -0.396 e. The first kappa shape index (κ1) is 23.5. The number of carbonyl (C=O) groups is 1. The van der Waals surface area contributed by atoms with Gasteiger partial charge in [0.2, 0.25) is 5.91 Å². The molecular weight excluding hydrogens is 427 g/mol. The maximum absolute atomic E-state index is 14.3. The molecule has 1 saturated heterocycles. The topological polar surface area (TPSA) is 122 Å². The van der Waals surface area contributed by atoms with Crippen molar-refractivity contribution in [2.75, 3.05) is 32.1 Å². The van der Waals surface area contributed by atoms with Gasteiger partial charge in [0, 0.05) is 37.7 Å². The molecule has 10 nitrogen and oxygen atoms in total. The van der Waals surface area contributed by atoms with Gasteiger partial charge in [0.05, 0.1) is 24.0 Å². The van der Waals surface area contributed by atoms with Crippen molar-refractivity contribution in [3.05, 3.63) is 29.1 Å². The summed E-state index contributed by atoms with van der Waals surface area (Å²) in [6, 6.07) is 0.254. The molecule has 1 amide bonds. The van der Waals surface area contributed by atoms with Gasteiger partial charge in [0.15, 0.2) is 17.5 Å². The van der Waals surface area contributed by atoms with Gasteiger partial charge in [-0.25, -0.2) is 14.4 Å². The second-order valence-corrected chi connectivity index (χ2v) is 9.51. The van der Waals surface area contributed by atoms with E-state index in [1.54, 1.807) is 0 Å². The molecule has 0 radical (unpaired) electrons. The zero-order valence-electron chi connectivity index (χ0n) is 19.9. The van der Waals surface area contributed by atoms with Crippen molar-refractivity contribution in [1.29, 1.82) is 0 Å². The summed E-state index contributed by atoms with van der Waals surface area (Å²) < 4.78 is 14.3. The van der Waals surface area contributed by atoms with Gasteiger partial charge < -0.3 is 20.6 Å². The van der Waals surface area contributed by atoms with Crippen LogP contribution in [0.2, 0.25) is 0 Å². The molecule has 1 fully saturated rings. The number of amides is 1. The van der Waals surface area contributed by atoms with E-state index in [0.717, 1.165) is 17.5 Å². The number of piperazine rings is 1. The third-order valence-corrected chi connectivity index (χ3v) is 7.01. The predicted octanol–water partition coefficient (Wildman–Crippen LogP) is 1.27. The number of H-pyrrole nitrogens is 1. The van der Waals surface area contributed by atoms with Crippen molar-refractivity contribution in [3.8, 4) is 0 Å². The molecule has 4 rings (SSSR count). The van der Waals surface area contributed by atoms with Gasteiger partial charge in [0.1, 0.15) is 11.4 Å². The fourth-order valence-corrected chi connectivity index (χ4v) is 4.91. The van der Waals surface area contributed by atoms with Crippen LogP contribution in [0.5, 0.6) is 0 Å². The SMILES string of the molecule is CCc1ncc(F)c(Nc2n[nH]c3c2CN(C(=O)C2(CCO)CN[C@@H](C)CN2C)C3(C)C)n1. The van der Waals surface area contributed by atoms with Crippen LogP contribution in [-0.4, -0.2) is 79.3 Å². The summed E-state index contributed by atoms with van der Waals surface area (Å²) in [4.78, 5) is 26.1. The number of halogens is 1. The summed E-state index contributed by atoms with van der Waals surface area (Å²) in [5.74, 6) is 0.394. The fourth-order valence-electron chi connectivity index (χ4n) is 4.91. The van der Waals surface area contributed by atoms with E-state index in [-0.39, 0.29) is 24.4 Å². The van der Waals surface area contributed by atoms with Gasteiger partial charge in [-0.05, 0) is 34.2 Å². The molecule has 180 valence electrons. The molecule has 0 saturated carbocycles. The van der Waals surface area contributed by atoms with E-state index in [9.17, 15) is 14.3 Å². The Bertz CT molecular complexity index is 1040. The zero-order chi connectivity index (χ0) is 24.0. The Labute approximate surface area is 193 Å². The predicted molar refractivity (Wildman–Crippen MR) is 121 cm³/mol. The maximum Gasteiger partial charge on any atom is 0.245 e. The average molecular weight is 461 g/mol. The molecule has 2 aromatic heterocycles. The van der Waals surface area contributed by atoms with Gasteiger partial charge in [-0.2, -0.15) is 5.10 Å². The smallest absolute Gasteiger partial charge is 0.245 e. The van der Waals surface area contributed by atoms with Crippen molar-refractivity contribution in [3.63, 3.8) is 0 Å². The molecule has 0 aromatic carbocycles. The van der Waals surface area contributed by atoms with E-state index in [2.05, 4.69) is 42.6 Å². The van der Waals surface area contributed by atoms with Crippen LogP contribution in [0.4, 0.5) is 16.0 Å². The number of aliphatic hydroxyl groups excluding tert-OH is 1. The van der Waals surface area contributed by atoms with Gasteiger partial charge in [-0.15, -0.1) is 0 Å². The average Bonchev–Trinajstić information content (AvgIpc) is 3.29. The molecule has 1 unspecified atom stereocenters. The van der Waals surface area contributed by atoms with Crippen LogP contribution in [0.3, 0.4) is 0 Å². The number of carbonyl (C=O) groups excluding carboxylic acids is 1. The number of fused-ring (bicyclic) bond motifs is 1. The largest absolute Gasteiger partial charge is 0.396 e. The summed E-state index contributed by atoms with van der Waals surface area (Å²) in [6.07, 6.45) is 2.06. The van der Waals surface area contributed by atoms with Crippen molar-refractivity contribution >= 4 is 17.5 Å². The van der Waals surface area contributed by atoms with Crippen LogP contribution in [0.15, 0.2) is 6.20 Å². The highest BCUT2D eigenvalue weighted by Gasteiger charge is 2.53. The second kappa shape index (κ2) is 8.62. The molecule has 33 heavy (non-hydrogen) atoms. The highest BCUT2D eigenvalue weighted by Crippen LogP contribution is 2.43. The van der Waals surface area contributed by atoms with Crippen LogP contribution >= 0.6 is 0 Å². The highest BCUT2D eigenvalue weighted by molar-refractivity contribution is 5.88. The monoisotopic (exact) mass is 460 g/mol. The molecule has 2 aliphatic rings. The van der Waals surface area contributed by atoms with Gasteiger partial charge in [-0.1, -0.05) is 6.92 Å². The first-order valence-electron chi connectivity index (χ1n) is 11.4. The Morgan fingerprint density at radius 2 is 2.15 bits per heavy atom. The molecule has 0 spiro atoms. The molecule has 2 aliphatic heterocycles. The van der Waals surface area contributed by atoms with Crippen molar-refractivity contribution in [2.45, 2.75) is 64.2 Å². The van der Waals surface area contributed by atoms with Crippen molar-refractivity contribution in [2.24, 2.45) is 0 Å². The number of aryl methyl sites for hydroxylation is 1. The maximum atomic E-state index is 14.3. The normalized spacial score (nSPS) is 24.7. The van der Waals surface area contributed by atoms with Crippen LogP contribution in [0.25, 0.3) is 0 Å². The first-order chi connectivity index (χ1) is 15.6. The number of aromatic nitrogens is 4. The number of nitrogens with one attached hydrogen (secondary N) is 3. The Morgan fingerprint density at radius 3 is 2.82 bits per heavy atom. The van der Waals surface area contributed by atoms with E-state index in [0.29, 0.717) is 44.1 Å². The van der Waals surface area contributed by atoms with E-state index in [4.69, 9.17) is 0 Å². The summed E-state index contributed by atoms with van der Waals surface area (Å²) in [5, 5.41) is 23.6. The number of hydrogen-bond donors (Lipinski definition) is 4. The van der Waals surface area contributed by atoms with Crippen LogP contribution < -0.4 is 10.6 Å². The molecule has 11 heteroatoms. The third-order valence-electron chi connectivity index (χ3n) is 7.01. The van der Waals surface area contributed by atoms with E-state index < -0.39 is 16.9 Å². The van der Waals surface area contributed by atoms with Crippen LogP contribution in [0.1, 0.15) is 51.2 Å². The number of anilines is 2. The fraction of sp³-hybridized carbons (Fsp3) is 0.636. The second-order valence-electron chi connectivity index (χ2n) is 9.51. The molecule has 0 bridgehead atoms. The van der Waals surface area contributed by atoms with E-state index >= 15 is 0 Å². The standard InChI is InChI=1S/C22H33FN8O2/c1-6-16-24-9-15(23)19(26-16)27-18-14-11-31(21(3,4)17(14)28-29-18)20(33)22(7-8-32)12-25-13(2)10-30(22)5/h9,13,25,32H,6-8,10-12H2,1-5H3,(H2,24,26,27,28,29)/t13-,22?/m0/s1. The van der Waals surface area contributed by atoms with Crippen molar-refractivity contribution in [1.82, 2.24) is 35.3 Å². The van der Waals surface area contributed by atoms with E-state index in [1.807, 2.05) is 32.7 Å². The molecule has 2 aromatic rings. The minimum absolute atomic E-state index is 0.0551. The summed E-state index contributed by atoms with van der Waals surface area (Å²) >= 11 is 0. The lowest BCUT2D eigenvalue weighted by atomic mass is 9.87. The molecule has 2 atom stereocenters. The number of likely N-dealkylation sites (N-methyl/N-ethyl adjacent to an activating group) is 1. The Kier molecular flexibility index (Phi) is 6.14. The highest BCUT2D eigenvalue weighted by atomic mass is 19.1. The minimum atomic E-state index is -0.849. The molecule has 0 aliphatic carbocycles. The summed E-state index contributed by atoms with van der Waals surface area (Å²) in [7, 11) is 1.94. The quantitative estimate of drug-likeness (QED) is 0.508. The lowest BCUT2D eigenvalue weighted by Crippen LogP contribution is -2.70. The lowest BCUT2D eigenvalue weighted by Gasteiger charge is -2.49. The summed E-state index contributed by atoms with van der Waals surface area (Å²) in [5.41, 5.74) is 0.0771.